The molecule has 10 nitrogen and oxygen atoms in total. The van der Waals surface area contributed by atoms with Crippen LogP contribution in [0.25, 0.3) is 50.6 Å². The van der Waals surface area contributed by atoms with Crippen LogP contribution in [0.2, 0.25) is 0 Å². The zero-order chi connectivity index (χ0) is 38.8. The highest BCUT2D eigenvalue weighted by molar-refractivity contribution is 6.00. The summed E-state index contributed by atoms with van der Waals surface area (Å²) in [6, 6.07) is 42.1. The average Bonchev–Trinajstić information content (AvgIpc) is 3.62. The third kappa shape index (κ3) is 6.94. The number of aromatic hydroxyl groups is 2. The summed E-state index contributed by atoms with van der Waals surface area (Å²) in [5.74, 6) is 3.25. The Hall–Kier alpha value is -7.59. The van der Waals surface area contributed by atoms with Gasteiger partial charge < -0.3 is 28.8 Å². The van der Waals surface area contributed by atoms with Crippen LogP contribution in [0.5, 0.6) is 34.5 Å². The van der Waals surface area contributed by atoms with Gasteiger partial charge in [-0.05, 0) is 134 Å². The van der Waals surface area contributed by atoms with Gasteiger partial charge in [-0.3, -0.25) is 9.56 Å². The van der Waals surface area contributed by atoms with Crippen molar-refractivity contribution in [3.63, 3.8) is 0 Å². The first kappa shape index (κ1) is 35.4. The van der Waals surface area contributed by atoms with Crippen molar-refractivity contribution >= 4 is 22.9 Å². The van der Waals surface area contributed by atoms with Crippen LogP contribution in [0, 0.1) is 6.92 Å². The van der Waals surface area contributed by atoms with Crippen LogP contribution in [0.3, 0.4) is 0 Å². The predicted molar refractivity (Wildman–Crippen MR) is 217 cm³/mol. The van der Waals surface area contributed by atoms with Crippen molar-refractivity contribution in [3.8, 4) is 74.1 Å². The quantitative estimate of drug-likeness (QED) is 0.105. The minimum Gasteiger partial charge on any atom is -0.507 e. The van der Waals surface area contributed by atoms with E-state index in [4.69, 9.17) is 23.6 Å². The standard InChI is InChI=1S/C46H35N3O7/c1-28-26-42(52)56-45-37(28)24-25-41(51)39(45)27-47-31-12-20-35(21-13-31)55-36-22-14-32(15-23-36)49-44(30-10-18-34(54-3)19-11-30)43(29-8-16-33(53-2)17-9-29)48-46(49)38-6-4-5-7-40(38)50/h4-27,50-51H,1-3H3. The van der Waals surface area contributed by atoms with Gasteiger partial charge in [-0.2, -0.15) is 0 Å². The predicted octanol–water partition coefficient (Wildman–Crippen LogP) is 10.3. The number of benzene rings is 6. The zero-order valence-electron chi connectivity index (χ0n) is 30.6. The highest BCUT2D eigenvalue weighted by atomic mass is 16.5. The molecule has 0 aliphatic rings. The fourth-order valence-corrected chi connectivity index (χ4v) is 6.54. The lowest BCUT2D eigenvalue weighted by Gasteiger charge is -2.15. The van der Waals surface area contributed by atoms with Crippen molar-refractivity contribution in [3.05, 3.63) is 161 Å². The number of fused-ring (bicyclic) bond motifs is 1. The molecule has 0 fully saturated rings. The van der Waals surface area contributed by atoms with Crippen LogP contribution in [0.1, 0.15) is 11.1 Å². The van der Waals surface area contributed by atoms with E-state index in [-0.39, 0.29) is 17.1 Å². The molecule has 0 spiro atoms. The molecule has 0 aliphatic heterocycles. The normalized spacial score (nSPS) is 11.3. The maximum absolute atomic E-state index is 12.0. The molecular weight excluding hydrogens is 707 g/mol. The van der Waals surface area contributed by atoms with Crippen molar-refractivity contribution in [1.29, 1.82) is 0 Å². The van der Waals surface area contributed by atoms with E-state index in [1.165, 1.54) is 12.3 Å². The van der Waals surface area contributed by atoms with Gasteiger partial charge in [0.1, 0.15) is 40.3 Å². The smallest absolute Gasteiger partial charge is 0.336 e. The van der Waals surface area contributed by atoms with E-state index in [1.54, 1.807) is 62.8 Å². The second kappa shape index (κ2) is 15.0. The van der Waals surface area contributed by atoms with Gasteiger partial charge in [0, 0.05) is 34.5 Å². The fourth-order valence-electron chi connectivity index (χ4n) is 6.54. The first-order chi connectivity index (χ1) is 27.3. The molecule has 8 rings (SSSR count). The van der Waals surface area contributed by atoms with Gasteiger partial charge in [0.2, 0.25) is 0 Å². The first-order valence-corrected chi connectivity index (χ1v) is 17.7. The van der Waals surface area contributed by atoms with Crippen LogP contribution < -0.4 is 19.8 Å². The van der Waals surface area contributed by atoms with Crippen molar-refractivity contribution < 1.29 is 28.8 Å². The SMILES string of the molecule is COc1ccc(-c2nc(-c3ccccc3O)n(-c3ccc(Oc4ccc(N=Cc5c(O)ccc6c(C)cc(=O)oc56)cc4)cc3)c2-c2ccc(OC)cc2)cc1. The van der Waals surface area contributed by atoms with E-state index in [9.17, 15) is 15.0 Å². The Morgan fingerprint density at radius 1 is 0.696 bits per heavy atom. The minimum absolute atomic E-state index is 0.0464. The summed E-state index contributed by atoms with van der Waals surface area (Å²) in [5.41, 5.74) is 6.11. The lowest BCUT2D eigenvalue weighted by Crippen LogP contribution is -2.01. The summed E-state index contributed by atoms with van der Waals surface area (Å²) in [5, 5.41) is 22.3. The lowest BCUT2D eigenvalue weighted by atomic mass is 10.0. The minimum atomic E-state index is -0.498. The number of phenolic OH excluding ortho intramolecular Hbond substituents is 2. The average molecular weight is 742 g/mol. The van der Waals surface area contributed by atoms with E-state index in [0.717, 1.165) is 50.7 Å². The Labute approximate surface area is 321 Å². The van der Waals surface area contributed by atoms with Crippen molar-refractivity contribution in [2.45, 2.75) is 6.92 Å². The third-order valence-electron chi connectivity index (χ3n) is 9.39. The van der Waals surface area contributed by atoms with Crippen LogP contribution in [0.15, 0.2) is 154 Å². The maximum Gasteiger partial charge on any atom is 0.336 e. The molecule has 0 radical (unpaired) electrons. The summed E-state index contributed by atoms with van der Waals surface area (Å²) in [4.78, 5) is 21.7. The maximum atomic E-state index is 12.0. The lowest BCUT2D eigenvalue weighted by molar-refractivity contribution is 0.414. The molecule has 10 heteroatoms. The summed E-state index contributed by atoms with van der Waals surface area (Å²) in [6.07, 6.45) is 1.48. The van der Waals surface area contributed by atoms with E-state index in [1.807, 2.05) is 96.4 Å². The van der Waals surface area contributed by atoms with Crippen molar-refractivity contribution in [2.75, 3.05) is 14.2 Å². The highest BCUT2D eigenvalue weighted by Crippen LogP contribution is 2.42. The van der Waals surface area contributed by atoms with E-state index in [0.29, 0.717) is 34.1 Å². The van der Waals surface area contributed by atoms with Crippen LogP contribution in [-0.4, -0.2) is 40.2 Å². The highest BCUT2D eigenvalue weighted by Gasteiger charge is 2.24. The number of aryl methyl sites for hydroxylation is 1. The fraction of sp³-hybridized carbons (Fsp3) is 0.0652. The Morgan fingerprint density at radius 3 is 1.95 bits per heavy atom. The summed E-state index contributed by atoms with van der Waals surface area (Å²) in [7, 11) is 3.26. The molecule has 2 aromatic heterocycles. The van der Waals surface area contributed by atoms with E-state index >= 15 is 0 Å². The molecule has 56 heavy (non-hydrogen) atoms. The molecule has 276 valence electrons. The summed E-state index contributed by atoms with van der Waals surface area (Å²) in [6.45, 7) is 1.81. The van der Waals surface area contributed by atoms with Gasteiger partial charge in [-0.15, -0.1) is 0 Å². The van der Waals surface area contributed by atoms with Gasteiger partial charge in [0.05, 0.1) is 42.4 Å². The second-order valence-electron chi connectivity index (χ2n) is 12.9. The molecule has 0 amide bonds. The summed E-state index contributed by atoms with van der Waals surface area (Å²) >= 11 is 0. The van der Waals surface area contributed by atoms with Gasteiger partial charge in [0.15, 0.2) is 5.58 Å². The number of para-hydroxylation sites is 1. The first-order valence-electron chi connectivity index (χ1n) is 17.7. The largest absolute Gasteiger partial charge is 0.507 e. The number of aromatic nitrogens is 2. The topological polar surface area (TPSA) is 129 Å². The van der Waals surface area contributed by atoms with Gasteiger partial charge in [-0.25, -0.2) is 9.78 Å². The van der Waals surface area contributed by atoms with Crippen molar-refractivity contribution in [2.24, 2.45) is 4.99 Å². The number of rotatable bonds is 10. The van der Waals surface area contributed by atoms with Gasteiger partial charge in [0.25, 0.3) is 0 Å². The molecule has 2 N–H and O–H groups in total. The van der Waals surface area contributed by atoms with Crippen LogP contribution >= 0.6 is 0 Å². The summed E-state index contributed by atoms with van der Waals surface area (Å²) < 4.78 is 24.6. The number of hydrogen-bond acceptors (Lipinski definition) is 9. The number of methoxy groups -OCH3 is 2. The Balaban J connectivity index is 1.13. The molecular formula is C46H35N3O7. The zero-order valence-corrected chi connectivity index (χ0v) is 30.6. The number of hydrogen-bond donors (Lipinski definition) is 2. The molecule has 0 bridgehead atoms. The van der Waals surface area contributed by atoms with E-state index in [2.05, 4.69) is 4.99 Å². The van der Waals surface area contributed by atoms with E-state index < -0.39 is 5.63 Å². The van der Waals surface area contributed by atoms with Gasteiger partial charge in [-0.1, -0.05) is 12.1 Å². The Kier molecular flexibility index (Phi) is 9.52. The van der Waals surface area contributed by atoms with Crippen LogP contribution in [0.4, 0.5) is 5.69 Å². The molecule has 8 aromatic rings. The molecule has 0 aliphatic carbocycles. The molecule has 2 heterocycles. The number of phenols is 2. The number of ether oxygens (including phenoxy) is 3. The molecule has 0 unspecified atom stereocenters. The Bertz CT molecular complexity index is 2770. The number of nitrogens with zero attached hydrogens (tertiary/aromatic N) is 3. The molecule has 0 saturated heterocycles. The third-order valence-corrected chi connectivity index (χ3v) is 9.39. The molecule has 0 atom stereocenters. The molecule has 6 aromatic carbocycles. The number of imidazole rings is 1. The Morgan fingerprint density at radius 2 is 1.30 bits per heavy atom. The van der Waals surface area contributed by atoms with Crippen LogP contribution in [-0.2, 0) is 0 Å². The van der Waals surface area contributed by atoms with Crippen molar-refractivity contribution in [1.82, 2.24) is 9.55 Å². The monoisotopic (exact) mass is 741 g/mol. The number of aliphatic imine (C=N–C) groups is 1. The van der Waals surface area contributed by atoms with Gasteiger partial charge >= 0.3 is 5.63 Å². The second-order valence-corrected chi connectivity index (χ2v) is 12.9. The molecule has 0 saturated carbocycles.